The highest BCUT2D eigenvalue weighted by atomic mass is 35.5. The predicted octanol–water partition coefficient (Wildman–Crippen LogP) is 3.32. The van der Waals surface area contributed by atoms with Gasteiger partial charge in [-0.25, -0.2) is 4.68 Å². The fourth-order valence-electron chi connectivity index (χ4n) is 2.17. The van der Waals surface area contributed by atoms with Gasteiger partial charge in [-0.15, -0.1) is 0 Å². The number of carbonyl (C=O) groups is 2. The van der Waals surface area contributed by atoms with Gasteiger partial charge >= 0.3 is 0 Å². The summed E-state index contributed by atoms with van der Waals surface area (Å²) in [5, 5.41) is 13.8. The van der Waals surface area contributed by atoms with Crippen LogP contribution < -0.4 is 0 Å². The third-order valence-corrected chi connectivity index (χ3v) is 3.68. The van der Waals surface area contributed by atoms with E-state index >= 15 is 0 Å². The molecule has 0 aliphatic heterocycles. The predicted molar refractivity (Wildman–Crippen MR) is 85.0 cm³/mol. The van der Waals surface area contributed by atoms with Crippen LogP contribution in [-0.4, -0.2) is 21.3 Å². The van der Waals surface area contributed by atoms with Gasteiger partial charge in [0, 0.05) is 6.20 Å². The lowest BCUT2D eigenvalue weighted by Crippen LogP contribution is -2.23. The number of carbonyl (C=O) groups excluding carboxylic acids is 2. The monoisotopic (exact) mass is 339 g/mol. The molecule has 1 aromatic carbocycles. The summed E-state index contributed by atoms with van der Waals surface area (Å²) in [6.07, 6.45) is 2.85. The van der Waals surface area contributed by atoms with Crippen molar-refractivity contribution in [3.63, 3.8) is 0 Å². The highest BCUT2D eigenvalue weighted by molar-refractivity contribution is 6.32. The summed E-state index contributed by atoms with van der Waals surface area (Å²) < 4.78 is 6.38. The Balaban J connectivity index is 1.89. The molecule has 0 fully saturated rings. The summed E-state index contributed by atoms with van der Waals surface area (Å²) in [4.78, 5) is 24.6. The summed E-state index contributed by atoms with van der Waals surface area (Å²) in [5.41, 5.74) is 0.588. The van der Waals surface area contributed by atoms with Gasteiger partial charge in [-0.1, -0.05) is 23.7 Å². The Morgan fingerprint density at radius 2 is 1.96 bits per heavy atom. The van der Waals surface area contributed by atoms with Gasteiger partial charge in [-0.3, -0.25) is 9.59 Å². The molecule has 3 aromatic rings. The van der Waals surface area contributed by atoms with E-state index in [0.29, 0.717) is 10.7 Å². The maximum Gasteiger partial charge on any atom is 0.223 e. The molecule has 0 unspecified atom stereocenters. The third kappa shape index (κ3) is 2.85. The van der Waals surface area contributed by atoms with E-state index in [1.165, 1.54) is 29.1 Å². The molecule has 0 spiro atoms. The lowest BCUT2D eigenvalue weighted by atomic mass is 9.97. The smallest absolute Gasteiger partial charge is 0.223 e. The van der Waals surface area contributed by atoms with Gasteiger partial charge in [0.15, 0.2) is 11.7 Å². The molecule has 1 atom stereocenters. The molecule has 2 aromatic heterocycles. The van der Waals surface area contributed by atoms with E-state index in [4.69, 9.17) is 16.0 Å². The van der Waals surface area contributed by atoms with Crippen LogP contribution in [0.2, 0.25) is 5.02 Å². The van der Waals surface area contributed by atoms with Gasteiger partial charge in [0.1, 0.15) is 5.69 Å². The minimum Gasteiger partial charge on any atom is -0.461 e. The van der Waals surface area contributed by atoms with Crippen LogP contribution in [0.5, 0.6) is 0 Å². The lowest BCUT2D eigenvalue weighted by Gasteiger charge is -2.04. The van der Waals surface area contributed by atoms with Gasteiger partial charge in [0.2, 0.25) is 11.6 Å². The van der Waals surface area contributed by atoms with Crippen LogP contribution >= 0.6 is 11.6 Å². The van der Waals surface area contributed by atoms with Gasteiger partial charge in [-0.2, -0.15) is 10.4 Å². The Labute approximate surface area is 141 Å². The number of halogens is 1. The minimum atomic E-state index is -1.51. The average molecular weight is 340 g/mol. The Morgan fingerprint density at radius 3 is 2.62 bits per heavy atom. The van der Waals surface area contributed by atoms with Crippen LogP contribution in [0.25, 0.3) is 5.69 Å². The lowest BCUT2D eigenvalue weighted by molar-refractivity contribution is 0.0826. The SMILES string of the molecule is N#C[C@H](C(=O)c1ccn(-c2ccccc2Cl)n1)C(=O)c1ccco1. The number of Topliss-reactive ketones (excluding diaryl/α,β-unsaturated/α-hetero) is 2. The average Bonchev–Trinajstić information content (AvgIpc) is 3.27. The molecule has 0 bridgehead atoms. The molecular weight excluding hydrogens is 330 g/mol. The second kappa shape index (κ2) is 6.52. The summed E-state index contributed by atoms with van der Waals surface area (Å²) in [6.45, 7) is 0. The number of ketones is 2. The first-order valence-corrected chi connectivity index (χ1v) is 7.31. The zero-order valence-electron chi connectivity index (χ0n) is 12.2. The minimum absolute atomic E-state index is 0.00127. The molecule has 0 saturated carbocycles. The second-order valence-electron chi connectivity index (χ2n) is 4.86. The van der Waals surface area contributed by atoms with Crippen molar-refractivity contribution in [1.29, 1.82) is 5.26 Å². The summed E-state index contributed by atoms with van der Waals surface area (Å²) in [6, 6.07) is 13.0. The second-order valence-corrected chi connectivity index (χ2v) is 5.27. The fraction of sp³-hybridized carbons (Fsp3) is 0.0588. The van der Waals surface area contributed by atoms with Crippen LogP contribution in [0.4, 0.5) is 0 Å². The number of nitriles is 1. The summed E-state index contributed by atoms with van der Waals surface area (Å²) in [7, 11) is 0. The Hall–Kier alpha value is -3.17. The topological polar surface area (TPSA) is 88.9 Å². The number of aromatic nitrogens is 2. The maximum absolute atomic E-state index is 12.4. The van der Waals surface area contributed by atoms with E-state index in [1.54, 1.807) is 36.5 Å². The molecule has 0 amide bonds. The number of para-hydroxylation sites is 1. The van der Waals surface area contributed by atoms with E-state index in [-0.39, 0.29) is 11.5 Å². The molecule has 7 heteroatoms. The molecule has 3 rings (SSSR count). The Kier molecular flexibility index (Phi) is 4.27. The van der Waals surface area contributed by atoms with E-state index < -0.39 is 17.5 Å². The van der Waals surface area contributed by atoms with Crippen LogP contribution in [0.1, 0.15) is 21.0 Å². The van der Waals surface area contributed by atoms with Crippen molar-refractivity contribution in [2.24, 2.45) is 5.92 Å². The van der Waals surface area contributed by atoms with Crippen molar-refractivity contribution in [2.75, 3.05) is 0 Å². The maximum atomic E-state index is 12.4. The van der Waals surface area contributed by atoms with Crippen molar-refractivity contribution in [1.82, 2.24) is 9.78 Å². The van der Waals surface area contributed by atoms with Crippen molar-refractivity contribution in [3.05, 3.63) is 71.4 Å². The van der Waals surface area contributed by atoms with Gasteiger partial charge in [-0.05, 0) is 30.3 Å². The van der Waals surface area contributed by atoms with Crippen LogP contribution in [0, 0.1) is 17.2 Å². The number of furan rings is 1. The van der Waals surface area contributed by atoms with E-state index in [2.05, 4.69) is 5.10 Å². The van der Waals surface area contributed by atoms with Crippen LogP contribution in [-0.2, 0) is 0 Å². The van der Waals surface area contributed by atoms with E-state index in [9.17, 15) is 14.9 Å². The Bertz CT molecular complexity index is 938. The first kappa shape index (κ1) is 15.7. The van der Waals surface area contributed by atoms with Crippen molar-refractivity contribution in [3.8, 4) is 11.8 Å². The number of hydrogen-bond acceptors (Lipinski definition) is 5. The highest BCUT2D eigenvalue weighted by Gasteiger charge is 2.31. The Morgan fingerprint density at radius 1 is 1.17 bits per heavy atom. The summed E-state index contributed by atoms with van der Waals surface area (Å²) in [5.74, 6) is -2.93. The standard InChI is InChI=1S/C17H10ClN3O3/c18-12-4-1-2-5-14(12)21-8-7-13(20-21)16(22)11(10-19)17(23)15-6-3-9-24-15/h1-9,11H/t11-/m1/s1. The molecule has 2 heterocycles. The van der Waals surface area contributed by atoms with Gasteiger partial charge < -0.3 is 4.42 Å². The van der Waals surface area contributed by atoms with Crippen molar-refractivity contribution in [2.45, 2.75) is 0 Å². The third-order valence-electron chi connectivity index (χ3n) is 3.36. The molecule has 6 nitrogen and oxygen atoms in total. The molecule has 24 heavy (non-hydrogen) atoms. The largest absolute Gasteiger partial charge is 0.461 e. The highest BCUT2D eigenvalue weighted by Crippen LogP contribution is 2.20. The number of nitrogens with zero attached hydrogens (tertiary/aromatic N) is 3. The van der Waals surface area contributed by atoms with Gasteiger partial charge in [0.05, 0.1) is 23.0 Å². The van der Waals surface area contributed by atoms with Crippen LogP contribution in [0.3, 0.4) is 0 Å². The number of rotatable bonds is 5. The zero-order chi connectivity index (χ0) is 17.1. The quantitative estimate of drug-likeness (QED) is 0.525. The molecule has 0 radical (unpaired) electrons. The molecule has 0 aliphatic rings. The van der Waals surface area contributed by atoms with Crippen molar-refractivity contribution < 1.29 is 14.0 Å². The molecule has 0 N–H and O–H groups in total. The number of benzene rings is 1. The molecule has 0 aliphatic carbocycles. The molecule has 118 valence electrons. The molecular formula is C17H10ClN3O3. The number of hydrogen-bond donors (Lipinski definition) is 0. The fourth-order valence-corrected chi connectivity index (χ4v) is 2.39. The molecule has 0 saturated heterocycles. The van der Waals surface area contributed by atoms with Crippen molar-refractivity contribution >= 4 is 23.2 Å². The first-order valence-electron chi connectivity index (χ1n) is 6.94. The van der Waals surface area contributed by atoms with E-state index in [0.717, 1.165) is 0 Å². The normalized spacial score (nSPS) is 11.7. The van der Waals surface area contributed by atoms with E-state index in [1.807, 2.05) is 0 Å². The zero-order valence-corrected chi connectivity index (χ0v) is 13.0. The summed E-state index contributed by atoms with van der Waals surface area (Å²) >= 11 is 6.09. The van der Waals surface area contributed by atoms with Crippen LogP contribution in [0.15, 0.2) is 59.3 Å². The first-order chi connectivity index (χ1) is 11.6. The van der Waals surface area contributed by atoms with Gasteiger partial charge in [0.25, 0.3) is 0 Å².